The second-order valence-corrected chi connectivity index (χ2v) is 5.85. The monoisotopic (exact) mass is 366 g/mol. The van der Waals surface area contributed by atoms with E-state index in [2.05, 4.69) is 5.10 Å². The first-order chi connectivity index (χ1) is 13.1. The smallest absolute Gasteiger partial charge is 0.203 e. The molecule has 0 aliphatic rings. The van der Waals surface area contributed by atoms with E-state index in [0.29, 0.717) is 17.2 Å². The van der Waals surface area contributed by atoms with Crippen molar-refractivity contribution in [3.05, 3.63) is 83.4 Å². The number of halogens is 1. The number of carbonyl (C=O) groups excluding carboxylic acids is 1. The summed E-state index contributed by atoms with van der Waals surface area (Å²) in [7, 11) is 3.30. The molecule has 6 heteroatoms. The molecule has 5 nitrogen and oxygen atoms in total. The molecule has 0 fully saturated rings. The molecular weight excluding hydrogens is 347 g/mol. The zero-order valence-electron chi connectivity index (χ0n) is 15.1. The second-order valence-electron chi connectivity index (χ2n) is 5.85. The number of aryl methyl sites for hydroxylation is 1. The Morgan fingerprint density at radius 3 is 2.63 bits per heavy atom. The van der Waals surface area contributed by atoms with Crippen molar-refractivity contribution < 1.29 is 18.7 Å². The zero-order chi connectivity index (χ0) is 19.2. The summed E-state index contributed by atoms with van der Waals surface area (Å²) in [4.78, 5) is 12.2. The summed E-state index contributed by atoms with van der Waals surface area (Å²) < 4.78 is 25.6. The predicted octanol–water partition coefficient (Wildman–Crippen LogP) is 4.04. The summed E-state index contributed by atoms with van der Waals surface area (Å²) in [5.74, 6) is 0.790. The van der Waals surface area contributed by atoms with Crippen LogP contribution < -0.4 is 9.47 Å². The van der Waals surface area contributed by atoms with E-state index in [0.717, 1.165) is 11.1 Å². The zero-order valence-corrected chi connectivity index (χ0v) is 15.1. The maximum absolute atomic E-state index is 13.0. The predicted molar refractivity (Wildman–Crippen MR) is 100 cm³/mol. The van der Waals surface area contributed by atoms with Crippen molar-refractivity contribution in [2.45, 2.75) is 6.61 Å². The molecule has 0 bridgehead atoms. The van der Waals surface area contributed by atoms with Gasteiger partial charge in [0, 0.05) is 18.8 Å². The fraction of sp³-hybridized carbons (Fsp3) is 0.143. The number of carbonyl (C=O) groups is 1. The van der Waals surface area contributed by atoms with E-state index >= 15 is 0 Å². The van der Waals surface area contributed by atoms with Crippen molar-refractivity contribution in [3.63, 3.8) is 0 Å². The van der Waals surface area contributed by atoms with Gasteiger partial charge in [-0.3, -0.25) is 9.48 Å². The van der Waals surface area contributed by atoms with Crippen LogP contribution in [0.4, 0.5) is 4.39 Å². The van der Waals surface area contributed by atoms with Crippen LogP contribution in [0.5, 0.6) is 11.5 Å². The molecule has 0 amide bonds. The van der Waals surface area contributed by atoms with E-state index in [-0.39, 0.29) is 18.2 Å². The lowest BCUT2D eigenvalue weighted by Gasteiger charge is -2.11. The lowest BCUT2D eigenvalue weighted by atomic mass is 10.1. The van der Waals surface area contributed by atoms with Crippen LogP contribution in [0, 0.1) is 5.82 Å². The van der Waals surface area contributed by atoms with Gasteiger partial charge in [-0.1, -0.05) is 12.1 Å². The number of methoxy groups -OCH3 is 1. The number of hydrogen-bond donors (Lipinski definition) is 0. The fourth-order valence-electron chi connectivity index (χ4n) is 2.58. The third kappa shape index (κ3) is 4.61. The van der Waals surface area contributed by atoms with E-state index in [1.54, 1.807) is 44.6 Å². The normalized spacial score (nSPS) is 10.9. The molecule has 0 aliphatic carbocycles. The number of ketones is 1. The molecule has 2 aromatic carbocycles. The van der Waals surface area contributed by atoms with Crippen LogP contribution in [-0.2, 0) is 13.7 Å². The number of benzene rings is 2. The molecule has 3 rings (SSSR count). The molecule has 138 valence electrons. The topological polar surface area (TPSA) is 53.3 Å². The minimum atomic E-state index is -0.315. The van der Waals surface area contributed by atoms with Gasteiger partial charge in [-0.15, -0.1) is 0 Å². The van der Waals surface area contributed by atoms with E-state index in [1.807, 2.05) is 18.2 Å². The largest absolute Gasteiger partial charge is 0.496 e. The molecule has 1 heterocycles. The maximum Gasteiger partial charge on any atom is 0.203 e. The summed E-state index contributed by atoms with van der Waals surface area (Å²) >= 11 is 0. The number of ether oxygens (including phenoxy) is 2. The van der Waals surface area contributed by atoms with E-state index in [1.165, 1.54) is 22.9 Å². The number of hydrogen-bond acceptors (Lipinski definition) is 4. The average Bonchev–Trinajstić information content (AvgIpc) is 3.11. The summed E-state index contributed by atoms with van der Waals surface area (Å²) in [5, 5.41) is 3.99. The maximum atomic E-state index is 13.0. The quantitative estimate of drug-likeness (QED) is 0.468. The summed E-state index contributed by atoms with van der Waals surface area (Å²) in [5.41, 5.74) is 2.17. The van der Waals surface area contributed by atoms with Gasteiger partial charge < -0.3 is 9.47 Å². The number of aromatic nitrogens is 2. The van der Waals surface area contributed by atoms with Crippen LogP contribution in [0.1, 0.15) is 21.6 Å². The van der Waals surface area contributed by atoms with Crippen LogP contribution in [0.15, 0.2) is 60.8 Å². The first-order valence-electron chi connectivity index (χ1n) is 8.32. The molecule has 0 saturated carbocycles. The van der Waals surface area contributed by atoms with E-state index < -0.39 is 0 Å². The molecular formula is C21H19FN2O3. The van der Waals surface area contributed by atoms with E-state index in [9.17, 15) is 9.18 Å². The number of nitrogens with zero attached hydrogens (tertiary/aromatic N) is 2. The first-order valence-corrected chi connectivity index (χ1v) is 8.32. The molecule has 0 saturated heterocycles. The molecule has 0 atom stereocenters. The Kier molecular flexibility index (Phi) is 5.66. The van der Waals surface area contributed by atoms with Gasteiger partial charge in [-0.25, -0.2) is 4.39 Å². The minimum Gasteiger partial charge on any atom is -0.496 e. The summed E-state index contributed by atoms with van der Waals surface area (Å²) in [6, 6.07) is 13.0. The third-order valence-electron chi connectivity index (χ3n) is 4.01. The van der Waals surface area contributed by atoms with Gasteiger partial charge in [-0.2, -0.15) is 5.10 Å². The molecule has 0 aliphatic heterocycles. The number of allylic oxidation sites excluding steroid dienone is 1. The van der Waals surface area contributed by atoms with Gasteiger partial charge >= 0.3 is 0 Å². The second kappa shape index (κ2) is 8.31. The first kappa shape index (κ1) is 18.4. The summed E-state index contributed by atoms with van der Waals surface area (Å²) in [6.45, 7) is 0.256. The Bertz CT molecular complexity index is 962. The van der Waals surface area contributed by atoms with Gasteiger partial charge in [-0.05, 0) is 54.1 Å². The van der Waals surface area contributed by atoms with Crippen molar-refractivity contribution in [1.29, 1.82) is 0 Å². The van der Waals surface area contributed by atoms with E-state index in [4.69, 9.17) is 9.47 Å². The van der Waals surface area contributed by atoms with Gasteiger partial charge in [0.05, 0.1) is 7.11 Å². The Balaban J connectivity index is 1.74. The highest BCUT2D eigenvalue weighted by molar-refractivity contribution is 6.05. The van der Waals surface area contributed by atoms with Gasteiger partial charge in [0.15, 0.2) is 0 Å². The van der Waals surface area contributed by atoms with Crippen molar-refractivity contribution in [2.75, 3.05) is 7.11 Å². The van der Waals surface area contributed by atoms with Crippen molar-refractivity contribution in [3.8, 4) is 11.5 Å². The highest BCUT2D eigenvalue weighted by Gasteiger charge is 2.08. The lowest BCUT2D eigenvalue weighted by molar-refractivity contribution is 0.103. The van der Waals surface area contributed by atoms with Gasteiger partial charge in [0.25, 0.3) is 0 Å². The molecule has 0 radical (unpaired) electrons. The van der Waals surface area contributed by atoms with Crippen molar-refractivity contribution in [2.24, 2.45) is 7.05 Å². The Labute approximate surface area is 156 Å². The van der Waals surface area contributed by atoms with Crippen LogP contribution in [0.2, 0.25) is 0 Å². The van der Waals surface area contributed by atoms with Crippen molar-refractivity contribution >= 4 is 11.9 Å². The SMILES string of the molecule is COc1ccc(/C=C/C(=O)c2ccnn2C)cc1COc1ccc(F)cc1. The van der Waals surface area contributed by atoms with Crippen LogP contribution in [-0.4, -0.2) is 22.7 Å². The molecule has 27 heavy (non-hydrogen) atoms. The minimum absolute atomic E-state index is 0.130. The molecule has 3 aromatic rings. The molecule has 1 aromatic heterocycles. The third-order valence-corrected chi connectivity index (χ3v) is 4.01. The van der Waals surface area contributed by atoms with Crippen molar-refractivity contribution in [1.82, 2.24) is 9.78 Å². The average molecular weight is 366 g/mol. The van der Waals surface area contributed by atoms with Crippen LogP contribution in [0.25, 0.3) is 6.08 Å². The Morgan fingerprint density at radius 2 is 1.96 bits per heavy atom. The molecule has 0 unspecified atom stereocenters. The number of rotatable bonds is 7. The van der Waals surface area contributed by atoms with Gasteiger partial charge in [0.1, 0.15) is 29.6 Å². The standard InChI is InChI=1S/C21H19FN2O3/c1-24-19(11-12-23-24)20(25)9-3-15-4-10-21(26-2)16(13-15)14-27-18-7-5-17(22)6-8-18/h3-13H,14H2,1-2H3/b9-3+. The Morgan fingerprint density at radius 1 is 1.19 bits per heavy atom. The Hall–Kier alpha value is -3.41. The fourth-order valence-corrected chi connectivity index (χ4v) is 2.58. The summed E-state index contributed by atoms with van der Waals surface area (Å²) in [6.07, 6.45) is 4.82. The van der Waals surface area contributed by atoms with Gasteiger partial charge in [0.2, 0.25) is 5.78 Å². The molecule has 0 N–H and O–H groups in total. The highest BCUT2D eigenvalue weighted by atomic mass is 19.1. The lowest BCUT2D eigenvalue weighted by Crippen LogP contribution is -2.03. The molecule has 0 spiro atoms. The highest BCUT2D eigenvalue weighted by Crippen LogP contribution is 2.23. The van der Waals surface area contributed by atoms with Crippen LogP contribution in [0.3, 0.4) is 0 Å². The van der Waals surface area contributed by atoms with Crippen LogP contribution >= 0.6 is 0 Å².